The number of rotatable bonds is 5. The van der Waals surface area contributed by atoms with Gasteiger partial charge in [-0.05, 0) is 37.8 Å². The van der Waals surface area contributed by atoms with Gasteiger partial charge in [0, 0.05) is 31.6 Å². The number of likely N-dealkylation sites (N-methyl/N-ethyl adjacent to an activating group) is 1. The van der Waals surface area contributed by atoms with Crippen LogP contribution in [0, 0.1) is 0 Å². The lowest BCUT2D eigenvalue weighted by Gasteiger charge is -2.36. The molecule has 1 N–H and O–H groups in total. The maximum atomic E-state index is 12.8. The van der Waals surface area contributed by atoms with Gasteiger partial charge >= 0.3 is 5.97 Å². The number of aliphatic carboxylic acids is 1. The van der Waals surface area contributed by atoms with Crippen LogP contribution in [0.1, 0.15) is 37.7 Å². The fourth-order valence-corrected chi connectivity index (χ4v) is 4.90. The second kappa shape index (κ2) is 7.67. The summed E-state index contributed by atoms with van der Waals surface area (Å²) in [5.41, 5.74) is 0.494. The van der Waals surface area contributed by atoms with Crippen molar-refractivity contribution in [3.8, 4) is 0 Å². The highest BCUT2D eigenvalue weighted by Crippen LogP contribution is 2.27. The molecule has 1 atom stereocenters. The van der Waals surface area contributed by atoms with Crippen molar-refractivity contribution in [2.45, 2.75) is 43.0 Å². The summed E-state index contributed by atoms with van der Waals surface area (Å²) in [5, 5.41) is 8.92. The topological polar surface area (TPSA) is 107 Å². The quantitative estimate of drug-likeness (QED) is 0.808. The van der Waals surface area contributed by atoms with Crippen LogP contribution in [0.4, 0.5) is 0 Å². The SMILES string of the molecule is CN(CC(=O)N1CCCCC1CCC(=O)O)C1=NS(=O)(=O)c2ccccc21. The van der Waals surface area contributed by atoms with Gasteiger partial charge in [-0.1, -0.05) is 12.1 Å². The zero-order valence-corrected chi connectivity index (χ0v) is 16.0. The Balaban J connectivity index is 1.73. The first kappa shape index (κ1) is 19.3. The monoisotopic (exact) mass is 393 g/mol. The Bertz CT molecular complexity index is 881. The largest absolute Gasteiger partial charge is 0.481 e. The normalized spacial score (nSPS) is 20.7. The van der Waals surface area contributed by atoms with Crippen molar-refractivity contribution in [1.82, 2.24) is 9.80 Å². The number of carbonyl (C=O) groups is 2. The van der Waals surface area contributed by atoms with E-state index in [-0.39, 0.29) is 35.6 Å². The second-order valence-electron chi connectivity index (χ2n) is 6.91. The molecule has 146 valence electrons. The zero-order chi connectivity index (χ0) is 19.6. The molecular formula is C18H23N3O5S. The van der Waals surface area contributed by atoms with Gasteiger partial charge in [0.05, 0.1) is 6.54 Å². The third-order valence-corrected chi connectivity index (χ3v) is 6.31. The van der Waals surface area contributed by atoms with Gasteiger partial charge in [0.1, 0.15) is 4.90 Å². The molecule has 0 spiro atoms. The van der Waals surface area contributed by atoms with Crippen LogP contribution in [-0.4, -0.2) is 67.2 Å². The summed E-state index contributed by atoms with van der Waals surface area (Å²) in [4.78, 5) is 27.1. The zero-order valence-electron chi connectivity index (χ0n) is 15.2. The standard InChI is InChI=1S/C18H23N3O5S/c1-20(18-14-7-2-3-8-15(14)27(25,26)19-18)12-16(22)21-11-5-4-6-13(21)9-10-17(23)24/h2-3,7-8,13H,4-6,9-12H2,1H3,(H,23,24). The van der Waals surface area contributed by atoms with Gasteiger partial charge in [0.25, 0.3) is 10.0 Å². The van der Waals surface area contributed by atoms with E-state index >= 15 is 0 Å². The lowest BCUT2D eigenvalue weighted by Crippen LogP contribution is -2.48. The summed E-state index contributed by atoms with van der Waals surface area (Å²) in [6, 6.07) is 6.47. The molecule has 1 unspecified atom stereocenters. The van der Waals surface area contributed by atoms with Gasteiger partial charge in [0.2, 0.25) is 5.91 Å². The lowest BCUT2D eigenvalue weighted by molar-refractivity contribution is -0.140. The summed E-state index contributed by atoms with van der Waals surface area (Å²) < 4.78 is 28.2. The van der Waals surface area contributed by atoms with Crippen molar-refractivity contribution >= 4 is 27.7 Å². The highest BCUT2D eigenvalue weighted by Gasteiger charge is 2.33. The van der Waals surface area contributed by atoms with Crippen LogP contribution in [0.5, 0.6) is 0 Å². The molecule has 0 radical (unpaired) electrons. The number of fused-ring (bicyclic) bond motifs is 1. The minimum absolute atomic E-state index is 0.00768. The minimum atomic E-state index is -3.73. The summed E-state index contributed by atoms with van der Waals surface area (Å²) in [5.74, 6) is -0.748. The number of carboxylic acid groups (broad SMARTS) is 1. The minimum Gasteiger partial charge on any atom is -0.481 e. The third kappa shape index (κ3) is 4.13. The van der Waals surface area contributed by atoms with Gasteiger partial charge < -0.3 is 14.9 Å². The Morgan fingerprint density at radius 3 is 2.78 bits per heavy atom. The number of carbonyl (C=O) groups excluding carboxylic acids is 1. The fraction of sp³-hybridized carbons (Fsp3) is 0.500. The van der Waals surface area contributed by atoms with Gasteiger partial charge in [-0.2, -0.15) is 8.42 Å². The molecule has 1 aromatic carbocycles. The van der Waals surface area contributed by atoms with E-state index in [0.29, 0.717) is 18.5 Å². The number of likely N-dealkylation sites (tertiary alicyclic amines) is 1. The maximum absolute atomic E-state index is 12.8. The van der Waals surface area contributed by atoms with E-state index in [2.05, 4.69) is 4.40 Å². The summed E-state index contributed by atoms with van der Waals surface area (Å²) in [6.45, 7) is 0.588. The molecule has 0 aromatic heterocycles. The Morgan fingerprint density at radius 1 is 1.30 bits per heavy atom. The van der Waals surface area contributed by atoms with E-state index in [1.807, 2.05) is 0 Å². The molecule has 0 saturated carbocycles. The summed E-state index contributed by atoms with van der Waals surface area (Å²) in [6.07, 6.45) is 3.12. The van der Waals surface area contributed by atoms with Crippen molar-refractivity contribution < 1.29 is 23.1 Å². The van der Waals surface area contributed by atoms with Crippen LogP contribution in [0.3, 0.4) is 0 Å². The molecule has 2 aliphatic rings. The Labute approximate surface area is 158 Å². The van der Waals surface area contributed by atoms with Crippen molar-refractivity contribution in [1.29, 1.82) is 0 Å². The molecule has 1 aromatic rings. The summed E-state index contributed by atoms with van der Waals surface area (Å²) >= 11 is 0. The third-order valence-electron chi connectivity index (χ3n) is 4.99. The lowest BCUT2D eigenvalue weighted by atomic mass is 9.98. The predicted octanol–water partition coefficient (Wildman–Crippen LogP) is 1.31. The van der Waals surface area contributed by atoms with Crippen molar-refractivity contribution in [3.05, 3.63) is 29.8 Å². The number of amides is 1. The molecule has 1 saturated heterocycles. The van der Waals surface area contributed by atoms with Crippen LogP contribution >= 0.6 is 0 Å². The molecule has 2 heterocycles. The Morgan fingerprint density at radius 2 is 2.04 bits per heavy atom. The molecule has 3 rings (SSSR count). The van der Waals surface area contributed by atoms with Crippen LogP contribution in [0.2, 0.25) is 0 Å². The van der Waals surface area contributed by atoms with E-state index in [9.17, 15) is 18.0 Å². The van der Waals surface area contributed by atoms with E-state index in [0.717, 1.165) is 19.3 Å². The number of sulfonamides is 1. The van der Waals surface area contributed by atoms with Gasteiger partial charge in [-0.3, -0.25) is 9.59 Å². The number of hydrogen-bond donors (Lipinski definition) is 1. The maximum Gasteiger partial charge on any atom is 0.303 e. The molecule has 2 aliphatic heterocycles. The molecule has 1 fully saturated rings. The predicted molar refractivity (Wildman–Crippen MR) is 99.0 cm³/mol. The smallest absolute Gasteiger partial charge is 0.303 e. The van der Waals surface area contributed by atoms with Crippen LogP contribution in [0.15, 0.2) is 33.6 Å². The second-order valence-corrected chi connectivity index (χ2v) is 8.48. The number of hydrogen-bond acceptors (Lipinski definition) is 5. The first-order valence-corrected chi connectivity index (χ1v) is 10.4. The Kier molecular flexibility index (Phi) is 5.50. The first-order chi connectivity index (χ1) is 12.8. The van der Waals surface area contributed by atoms with Crippen LogP contribution < -0.4 is 0 Å². The fourth-order valence-electron chi connectivity index (χ4n) is 3.65. The Hall–Kier alpha value is -2.42. The molecule has 0 aliphatic carbocycles. The number of benzene rings is 1. The number of amidine groups is 1. The average molecular weight is 393 g/mol. The number of nitrogens with zero attached hydrogens (tertiary/aromatic N) is 3. The van der Waals surface area contributed by atoms with E-state index in [1.54, 1.807) is 35.0 Å². The highest BCUT2D eigenvalue weighted by molar-refractivity contribution is 7.90. The molecule has 1 amide bonds. The first-order valence-electron chi connectivity index (χ1n) is 8.96. The van der Waals surface area contributed by atoms with Gasteiger partial charge in [0.15, 0.2) is 5.84 Å². The van der Waals surface area contributed by atoms with E-state index in [4.69, 9.17) is 5.11 Å². The van der Waals surface area contributed by atoms with E-state index < -0.39 is 16.0 Å². The molecular weight excluding hydrogens is 370 g/mol. The molecule has 9 heteroatoms. The van der Waals surface area contributed by atoms with Crippen molar-refractivity contribution in [3.63, 3.8) is 0 Å². The molecule has 0 bridgehead atoms. The van der Waals surface area contributed by atoms with Crippen molar-refractivity contribution in [2.24, 2.45) is 4.40 Å². The van der Waals surface area contributed by atoms with E-state index in [1.165, 1.54) is 6.07 Å². The number of carboxylic acids is 1. The van der Waals surface area contributed by atoms with Crippen LogP contribution in [-0.2, 0) is 19.6 Å². The molecule has 27 heavy (non-hydrogen) atoms. The highest BCUT2D eigenvalue weighted by atomic mass is 32.2. The van der Waals surface area contributed by atoms with Crippen molar-refractivity contribution in [2.75, 3.05) is 20.1 Å². The average Bonchev–Trinajstić information content (AvgIpc) is 2.92. The molecule has 8 nitrogen and oxygen atoms in total. The number of piperidine rings is 1. The van der Waals surface area contributed by atoms with Crippen LogP contribution in [0.25, 0.3) is 0 Å². The van der Waals surface area contributed by atoms with Gasteiger partial charge in [-0.25, -0.2) is 0 Å². The van der Waals surface area contributed by atoms with Gasteiger partial charge in [-0.15, -0.1) is 4.40 Å². The summed E-state index contributed by atoms with van der Waals surface area (Å²) in [7, 11) is -2.09.